The molecule has 2 fully saturated rings. The van der Waals surface area contributed by atoms with E-state index >= 15 is 0 Å². The Kier molecular flexibility index (Phi) is 7.30. The number of anilines is 2. The molecule has 4 rings (SSSR count). The molecule has 1 aromatic heterocycles. The van der Waals surface area contributed by atoms with E-state index in [9.17, 15) is 4.79 Å². The molecule has 1 amide bonds. The highest BCUT2D eigenvalue weighted by atomic mass is 35.5. The van der Waals surface area contributed by atoms with E-state index in [1.165, 1.54) is 0 Å². The molecular formula is C24H31ClN4O3. The lowest BCUT2D eigenvalue weighted by molar-refractivity contribution is -0.177. The Morgan fingerprint density at radius 1 is 1.34 bits per heavy atom. The van der Waals surface area contributed by atoms with Gasteiger partial charge in [-0.25, -0.2) is 4.98 Å². The van der Waals surface area contributed by atoms with E-state index < -0.39 is 0 Å². The monoisotopic (exact) mass is 458 g/mol. The van der Waals surface area contributed by atoms with Crippen molar-refractivity contribution in [3.63, 3.8) is 0 Å². The van der Waals surface area contributed by atoms with Crippen LogP contribution in [0.5, 0.6) is 0 Å². The van der Waals surface area contributed by atoms with E-state index in [0.29, 0.717) is 37.1 Å². The lowest BCUT2D eigenvalue weighted by atomic mass is 9.99. The van der Waals surface area contributed by atoms with Gasteiger partial charge < -0.3 is 25.4 Å². The fraction of sp³-hybridized carbons (Fsp3) is 0.500. The van der Waals surface area contributed by atoms with Crippen LogP contribution in [0.15, 0.2) is 36.5 Å². The van der Waals surface area contributed by atoms with Crippen LogP contribution >= 0.6 is 11.6 Å². The number of halogens is 1. The van der Waals surface area contributed by atoms with Crippen LogP contribution in [0.3, 0.4) is 0 Å². The van der Waals surface area contributed by atoms with Gasteiger partial charge in [0.25, 0.3) is 0 Å². The Morgan fingerprint density at radius 2 is 2.22 bits per heavy atom. The third-order valence-corrected chi connectivity index (χ3v) is 6.02. The average Bonchev–Trinajstić information content (AvgIpc) is 2.79. The number of hydrogen-bond donors (Lipinski definition) is 3. The van der Waals surface area contributed by atoms with Crippen LogP contribution in [0.2, 0.25) is 5.02 Å². The molecule has 0 bridgehead atoms. The number of amides is 1. The Bertz CT molecular complexity index is 947. The van der Waals surface area contributed by atoms with Crippen molar-refractivity contribution in [3.05, 3.63) is 41.6 Å². The zero-order valence-corrected chi connectivity index (χ0v) is 19.4. The molecule has 2 saturated heterocycles. The van der Waals surface area contributed by atoms with Crippen molar-refractivity contribution in [1.82, 2.24) is 10.3 Å². The van der Waals surface area contributed by atoms with Gasteiger partial charge in [0.15, 0.2) is 0 Å². The number of nitrogens with zero attached hydrogens (tertiary/aromatic N) is 1. The number of aromatic nitrogens is 1. The summed E-state index contributed by atoms with van der Waals surface area (Å²) < 4.78 is 11.7. The summed E-state index contributed by atoms with van der Waals surface area (Å²) >= 11 is 6.46. The van der Waals surface area contributed by atoms with Crippen LogP contribution < -0.4 is 16.0 Å². The van der Waals surface area contributed by atoms with E-state index in [0.717, 1.165) is 36.2 Å². The first-order valence-corrected chi connectivity index (χ1v) is 11.5. The second-order valence-electron chi connectivity index (χ2n) is 9.06. The predicted octanol–water partition coefficient (Wildman–Crippen LogP) is 3.95. The summed E-state index contributed by atoms with van der Waals surface area (Å²) in [6, 6.07) is 9.84. The number of carbonyl (C=O) groups is 1. The van der Waals surface area contributed by atoms with Crippen LogP contribution in [0.1, 0.15) is 26.7 Å². The maximum absolute atomic E-state index is 12.6. The third-order valence-electron chi connectivity index (χ3n) is 5.72. The van der Waals surface area contributed by atoms with Gasteiger partial charge in [-0.3, -0.25) is 4.79 Å². The molecule has 172 valence electrons. The van der Waals surface area contributed by atoms with Crippen LogP contribution in [-0.4, -0.2) is 55.4 Å². The fourth-order valence-corrected chi connectivity index (χ4v) is 4.33. The summed E-state index contributed by atoms with van der Waals surface area (Å²) in [5.74, 6) is 0.465. The van der Waals surface area contributed by atoms with Crippen LogP contribution in [0.25, 0.3) is 11.1 Å². The zero-order valence-electron chi connectivity index (χ0n) is 18.6. The summed E-state index contributed by atoms with van der Waals surface area (Å²) in [5.41, 5.74) is 2.45. The minimum atomic E-state index is -0.272. The Labute approximate surface area is 194 Å². The van der Waals surface area contributed by atoms with Crippen LogP contribution in [-0.2, 0) is 14.3 Å². The average molecular weight is 459 g/mol. The van der Waals surface area contributed by atoms with Gasteiger partial charge in [-0.2, -0.15) is 0 Å². The van der Waals surface area contributed by atoms with Gasteiger partial charge in [-0.05, 0) is 57.0 Å². The first-order chi connectivity index (χ1) is 15.4. The smallest absolute Gasteiger partial charge is 0.229 e. The van der Waals surface area contributed by atoms with Crippen LogP contribution in [0, 0.1) is 5.92 Å². The molecule has 2 atom stereocenters. The van der Waals surface area contributed by atoms with Crippen molar-refractivity contribution in [3.8, 4) is 11.1 Å². The molecule has 2 aliphatic rings. The molecule has 2 aliphatic heterocycles. The molecule has 1 aromatic carbocycles. The molecule has 2 unspecified atom stereocenters. The molecule has 0 saturated carbocycles. The number of nitrogens with one attached hydrogen (secondary N) is 3. The first kappa shape index (κ1) is 23.0. The maximum atomic E-state index is 12.6. The van der Waals surface area contributed by atoms with Gasteiger partial charge in [0, 0.05) is 30.5 Å². The summed E-state index contributed by atoms with van der Waals surface area (Å²) in [7, 11) is 0. The number of hydrogen-bond acceptors (Lipinski definition) is 6. The highest BCUT2D eigenvalue weighted by Gasteiger charge is 2.29. The zero-order chi connectivity index (χ0) is 22.6. The number of piperidine rings is 1. The SMILES string of the molecule is CC1(C)COCC(CNc2cccc(-c3cc(NC(=O)C4CCCNC4)ncc3Cl)c2)O1. The van der Waals surface area contributed by atoms with E-state index in [1.807, 2.05) is 44.2 Å². The van der Waals surface area contributed by atoms with Crippen molar-refractivity contribution < 1.29 is 14.3 Å². The van der Waals surface area contributed by atoms with Crippen molar-refractivity contribution >= 4 is 29.0 Å². The molecule has 0 radical (unpaired) electrons. The number of benzene rings is 1. The summed E-state index contributed by atoms with van der Waals surface area (Å²) in [6.45, 7) is 7.57. The minimum absolute atomic E-state index is 0.00832. The number of carbonyl (C=O) groups excluding carboxylic acids is 1. The fourth-order valence-electron chi connectivity index (χ4n) is 4.12. The van der Waals surface area contributed by atoms with Gasteiger partial charge in [0.2, 0.25) is 5.91 Å². The van der Waals surface area contributed by atoms with Crippen molar-refractivity contribution in [2.24, 2.45) is 5.92 Å². The Balaban J connectivity index is 1.43. The third kappa shape index (κ3) is 5.98. The van der Waals surface area contributed by atoms with Gasteiger partial charge >= 0.3 is 0 Å². The largest absolute Gasteiger partial charge is 0.382 e. The highest BCUT2D eigenvalue weighted by molar-refractivity contribution is 6.33. The van der Waals surface area contributed by atoms with Crippen molar-refractivity contribution in [2.45, 2.75) is 38.4 Å². The lowest BCUT2D eigenvalue weighted by Crippen LogP contribution is -2.45. The molecule has 3 N–H and O–H groups in total. The van der Waals surface area contributed by atoms with Crippen molar-refractivity contribution in [1.29, 1.82) is 0 Å². The summed E-state index contributed by atoms with van der Waals surface area (Å²) in [5, 5.41) is 10.2. The second kappa shape index (κ2) is 10.2. The highest BCUT2D eigenvalue weighted by Crippen LogP contribution is 2.31. The molecule has 32 heavy (non-hydrogen) atoms. The topological polar surface area (TPSA) is 84.5 Å². The van der Waals surface area contributed by atoms with Crippen LogP contribution in [0.4, 0.5) is 11.5 Å². The van der Waals surface area contributed by atoms with E-state index in [1.54, 1.807) is 6.20 Å². The molecular weight excluding hydrogens is 428 g/mol. The van der Waals surface area contributed by atoms with Gasteiger partial charge in [0.05, 0.1) is 35.9 Å². The van der Waals surface area contributed by atoms with Gasteiger partial charge in [0.1, 0.15) is 5.82 Å². The van der Waals surface area contributed by atoms with Gasteiger partial charge in [-0.1, -0.05) is 23.7 Å². The van der Waals surface area contributed by atoms with Crippen molar-refractivity contribution in [2.75, 3.05) is 43.5 Å². The Morgan fingerprint density at radius 3 is 3.00 bits per heavy atom. The molecule has 3 heterocycles. The maximum Gasteiger partial charge on any atom is 0.229 e. The normalized spacial score (nSPS) is 22.8. The molecule has 0 spiro atoms. The first-order valence-electron chi connectivity index (χ1n) is 11.2. The van der Waals surface area contributed by atoms with Gasteiger partial charge in [-0.15, -0.1) is 0 Å². The predicted molar refractivity (Wildman–Crippen MR) is 127 cm³/mol. The van der Waals surface area contributed by atoms with E-state index in [2.05, 4.69) is 20.9 Å². The number of rotatable bonds is 6. The summed E-state index contributed by atoms with van der Waals surface area (Å²) in [6.07, 6.45) is 3.47. The molecule has 0 aliphatic carbocycles. The standard InChI is InChI=1S/C24H31ClN4O3/c1-24(2)15-31-14-19(32-24)12-27-18-7-3-5-16(9-18)20-10-22(28-13-21(20)25)29-23(30)17-6-4-8-26-11-17/h3,5,7,9-10,13,17,19,26-27H,4,6,8,11-12,14-15H2,1-2H3,(H,28,29,30). The molecule has 7 nitrogen and oxygen atoms in total. The Hall–Kier alpha value is -2.19. The minimum Gasteiger partial charge on any atom is -0.382 e. The molecule has 2 aromatic rings. The quantitative estimate of drug-likeness (QED) is 0.608. The van der Waals surface area contributed by atoms with E-state index in [-0.39, 0.29) is 23.5 Å². The molecule has 8 heteroatoms. The lowest BCUT2D eigenvalue weighted by Gasteiger charge is -2.36. The van der Waals surface area contributed by atoms with E-state index in [4.69, 9.17) is 21.1 Å². The number of pyridine rings is 1. The number of ether oxygens (including phenoxy) is 2. The summed E-state index contributed by atoms with van der Waals surface area (Å²) in [4.78, 5) is 16.9. The second-order valence-corrected chi connectivity index (χ2v) is 9.47.